The lowest BCUT2D eigenvalue weighted by molar-refractivity contribution is 0.251. The fourth-order valence-corrected chi connectivity index (χ4v) is 5.07. The number of nitrogens with zero attached hydrogens (tertiary/aromatic N) is 1. The van der Waals surface area contributed by atoms with E-state index in [-0.39, 0.29) is 22.0 Å². The molecule has 2 amide bonds. The van der Waals surface area contributed by atoms with Gasteiger partial charge >= 0.3 is 6.03 Å². The average molecular weight is 370 g/mol. The van der Waals surface area contributed by atoms with E-state index in [0.717, 1.165) is 16.0 Å². The maximum atomic E-state index is 12.3. The second-order valence-corrected chi connectivity index (χ2v) is 9.81. The molecule has 8 heteroatoms. The highest BCUT2D eigenvalue weighted by molar-refractivity contribution is 7.93. The van der Waals surface area contributed by atoms with Gasteiger partial charge in [0.2, 0.25) is 14.2 Å². The Morgan fingerprint density at radius 3 is 2.54 bits per heavy atom. The molecule has 1 aromatic carbocycles. The van der Waals surface area contributed by atoms with Gasteiger partial charge in [0.05, 0.1) is 16.0 Å². The summed E-state index contributed by atoms with van der Waals surface area (Å²) < 4.78 is 25.5. The van der Waals surface area contributed by atoms with Gasteiger partial charge in [-0.05, 0) is 30.0 Å². The average Bonchev–Trinajstić information content (AvgIpc) is 2.88. The summed E-state index contributed by atoms with van der Waals surface area (Å²) in [5.74, 6) is 0.493. The SMILES string of the molecule is CC(C)CNC(=O)Nc1ccc2nc(S(=O)(=O)CC(C)C)sc2c1. The van der Waals surface area contributed by atoms with Gasteiger partial charge < -0.3 is 10.6 Å². The molecule has 0 radical (unpaired) electrons. The zero-order valence-electron chi connectivity index (χ0n) is 14.3. The number of nitrogens with one attached hydrogen (secondary N) is 2. The quantitative estimate of drug-likeness (QED) is 0.815. The fraction of sp³-hybridized carbons (Fsp3) is 0.500. The lowest BCUT2D eigenvalue weighted by Gasteiger charge is -2.09. The molecule has 0 saturated carbocycles. The molecule has 132 valence electrons. The smallest absolute Gasteiger partial charge is 0.319 e. The van der Waals surface area contributed by atoms with Crippen molar-refractivity contribution in [3.63, 3.8) is 0 Å². The molecule has 0 bridgehead atoms. The molecule has 2 rings (SSSR count). The van der Waals surface area contributed by atoms with Crippen molar-refractivity contribution in [3.05, 3.63) is 18.2 Å². The summed E-state index contributed by atoms with van der Waals surface area (Å²) in [6.45, 7) is 8.35. The van der Waals surface area contributed by atoms with E-state index in [2.05, 4.69) is 15.6 Å². The van der Waals surface area contributed by atoms with Gasteiger partial charge in [0.25, 0.3) is 0 Å². The first-order valence-corrected chi connectivity index (χ1v) is 10.3. The topological polar surface area (TPSA) is 88.2 Å². The Bertz CT molecular complexity index is 826. The molecule has 0 unspecified atom stereocenters. The lowest BCUT2D eigenvalue weighted by Crippen LogP contribution is -2.31. The predicted octanol–water partition coefficient (Wildman–Crippen LogP) is 3.50. The van der Waals surface area contributed by atoms with E-state index in [9.17, 15) is 13.2 Å². The molecular weight excluding hydrogens is 346 g/mol. The van der Waals surface area contributed by atoms with E-state index in [1.54, 1.807) is 18.2 Å². The summed E-state index contributed by atoms with van der Waals surface area (Å²) >= 11 is 1.13. The normalized spacial score (nSPS) is 12.1. The fourth-order valence-electron chi connectivity index (χ4n) is 2.10. The Labute approximate surface area is 146 Å². The third kappa shape index (κ3) is 4.91. The monoisotopic (exact) mass is 369 g/mol. The van der Waals surface area contributed by atoms with Gasteiger partial charge in [-0.25, -0.2) is 18.2 Å². The Morgan fingerprint density at radius 2 is 1.92 bits per heavy atom. The van der Waals surface area contributed by atoms with E-state index in [1.165, 1.54) is 0 Å². The third-order valence-electron chi connectivity index (χ3n) is 3.12. The molecule has 0 fully saturated rings. The molecule has 1 heterocycles. The highest BCUT2D eigenvalue weighted by Gasteiger charge is 2.21. The van der Waals surface area contributed by atoms with Crippen molar-refractivity contribution in [1.82, 2.24) is 10.3 Å². The second-order valence-electron chi connectivity index (χ2n) is 6.57. The summed E-state index contributed by atoms with van der Waals surface area (Å²) in [7, 11) is -3.37. The molecular formula is C16H23N3O3S2. The Hall–Kier alpha value is -1.67. The highest BCUT2D eigenvalue weighted by Crippen LogP contribution is 2.29. The molecule has 24 heavy (non-hydrogen) atoms. The van der Waals surface area contributed by atoms with Crippen molar-refractivity contribution >= 4 is 43.1 Å². The molecule has 2 aromatic rings. The maximum Gasteiger partial charge on any atom is 0.319 e. The predicted molar refractivity (Wildman–Crippen MR) is 98.4 cm³/mol. The van der Waals surface area contributed by atoms with Crippen molar-refractivity contribution in [3.8, 4) is 0 Å². The zero-order chi connectivity index (χ0) is 17.9. The minimum Gasteiger partial charge on any atom is -0.338 e. The molecule has 6 nitrogen and oxygen atoms in total. The van der Waals surface area contributed by atoms with Crippen LogP contribution in [0, 0.1) is 11.8 Å². The molecule has 1 aromatic heterocycles. The van der Waals surface area contributed by atoms with E-state index in [4.69, 9.17) is 0 Å². The van der Waals surface area contributed by atoms with Crippen molar-refractivity contribution in [2.45, 2.75) is 32.0 Å². The number of anilines is 1. The highest BCUT2D eigenvalue weighted by atomic mass is 32.2. The largest absolute Gasteiger partial charge is 0.338 e. The van der Waals surface area contributed by atoms with Gasteiger partial charge in [0.1, 0.15) is 0 Å². The van der Waals surface area contributed by atoms with Crippen molar-refractivity contribution in [1.29, 1.82) is 0 Å². The number of amides is 2. The standard InChI is InChI=1S/C16H23N3O3S2/c1-10(2)8-17-15(20)18-12-5-6-13-14(7-12)23-16(19-13)24(21,22)9-11(3)4/h5-7,10-11H,8-9H2,1-4H3,(H2,17,18,20). The second kappa shape index (κ2) is 7.48. The molecule has 0 atom stereocenters. The minimum atomic E-state index is -3.37. The Morgan fingerprint density at radius 1 is 1.21 bits per heavy atom. The van der Waals surface area contributed by atoms with Gasteiger partial charge in [0, 0.05) is 12.2 Å². The van der Waals surface area contributed by atoms with Crippen LogP contribution in [0.25, 0.3) is 10.2 Å². The molecule has 0 aliphatic heterocycles. The lowest BCUT2D eigenvalue weighted by atomic mass is 10.2. The Balaban J connectivity index is 2.18. The van der Waals surface area contributed by atoms with Crippen molar-refractivity contribution in [2.24, 2.45) is 11.8 Å². The van der Waals surface area contributed by atoms with Crippen LogP contribution in [0.5, 0.6) is 0 Å². The van der Waals surface area contributed by atoms with Crippen LogP contribution in [0.3, 0.4) is 0 Å². The van der Waals surface area contributed by atoms with Crippen LogP contribution >= 0.6 is 11.3 Å². The number of urea groups is 1. The molecule has 0 aliphatic rings. The van der Waals surface area contributed by atoms with Crippen LogP contribution in [0.1, 0.15) is 27.7 Å². The van der Waals surface area contributed by atoms with E-state index >= 15 is 0 Å². The van der Waals surface area contributed by atoms with Gasteiger partial charge in [-0.3, -0.25) is 0 Å². The van der Waals surface area contributed by atoms with E-state index < -0.39 is 9.84 Å². The Kier molecular flexibility index (Phi) is 5.82. The number of fused-ring (bicyclic) bond motifs is 1. The number of thiazole rings is 1. The summed E-state index contributed by atoms with van der Waals surface area (Å²) in [6.07, 6.45) is 0. The first-order valence-electron chi connectivity index (χ1n) is 7.85. The minimum absolute atomic E-state index is 0.0453. The number of carbonyl (C=O) groups is 1. The molecule has 0 aliphatic carbocycles. The van der Waals surface area contributed by atoms with Crippen molar-refractivity contribution in [2.75, 3.05) is 17.6 Å². The van der Waals surface area contributed by atoms with Crippen LogP contribution in [0.2, 0.25) is 0 Å². The number of benzene rings is 1. The summed E-state index contributed by atoms with van der Waals surface area (Å²) in [4.78, 5) is 16.0. The van der Waals surface area contributed by atoms with Crippen LogP contribution in [0.4, 0.5) is 10.5 Å². The number of hydrogen-bond donors (Lipinski definition) is 2. The zero-order valence-corrected chi connectivity index (χ0v) is 15.9. The van der Waals surface area contributed by atoms with Crippen LogP contribution < -0.4 is 10.6 Å². The van der Waals surface area contributed by atoms with E-state index in [0.29, 0.717) is 23.7 Å². The number of hydrogen-bond acceptors (Lipinski definition) is 5. The molecule has 2 N–H and O–H groups in total. The van der Waals surface area contributed by atoms with Gasteiger partial charge in [-0.1, -0.05) is 27.7 Å². The van der Waals surface area contributed by atoms with Crippen LogP contribution in [-0.4, -0.2) is 31.7 Å². The molecule has 0 saturated heterocycles. The number of carbonyl (C=O) groups excluding carboxylic acids is 1. The van der Waals surface area contributed by atoms with Crippen molar-refractivity contribution < 1.29 is 13.2 Å². The van der Waals surface area contributed by atoms with Gasteiger partial charge in [-0.15, -0.1) is 11.3 Å². The van der Waals surface area contributed by atoms with Gasteiger partial charge in [0.15, 0.2) is 0 Å². The summed E-state index contributed by atoms with van der Waals surface area (Å²) in [5, 5.41) is 5.52. The number of sulfone groups is 1. The number of aromatic nitrogens is 1. The number of rotatable bonds is 6. The van der Waals surface area contributed by atoms with E-state index in [1.807, 2.05) is 27.7 Å². The summed E-state index contributed by atoms with van der Waals surface area (Å²) in [5.41, 5.74) is 1.23. The molecule has 0 spiro atoms. The third-order valence-corrected chi connectivity index (χ3v) is 6.67. The summed E-state index contributed by atoms with van der Waals surface area (Å²) in [6, 6.07) is 4.91. The van der Waals surface area contributed by atoms with Crippen LogP contribution in [0.15, 0.2) is 22.5 Å². The van der Waals surface area contributed by atoms with Crippen LogP contribution in [-0.2, 0) is 9.84 Å². The maximum absolute atomic E-state index is 12.3. The van der Waals surface area contributed by atoms with Gasteiger partial charge in [-0.2, -0.15) is 0 Å². The first-order chi connectivity index (χ1) is 11.2. The first kappa shape index (κ1) is 18.7.